The summed E-state index contributed by atoms with van der Waals surface area (Å²) in [5, 5.41) is 0.204. The number of nitrogens with zero attached hydrogens (tertiary/aromatic N) is 2. The molecule has 0 saturated carbocycles. The molecule has 0 atom stereocenters. The molecule has 0 fully saturated rings. The molecule has 0 spiro atoms. The van der Waals surface area contributed by atoms with Gasteiger partial charge in [-0.1, -0.05) is 17.7 Å². The Morgan fingerprint density at radius 1 is 1.71 bits per heavy atom. The van der Waals surface area contributed by atoms with E-state index in [1.165, 1.54) is 10.9 Å². The predicted molar refractivity (Wildman–Crippen MR) is 60.6 cm³/mol. The van der Waals surface area contributed by atoms with E-state index in [0.29, 0.717) is 11.0 Å². The van der Waals surface area contributed by atoms with E-state index in [2.05, 4.69) is 27.5 Å². The zero-order chi connectivity index (χ0) is 10.6. The molecule has 14 heavy (non-hydrogen) atoms. The third-order valence-electron chi connectivity index (χ3n) is 1.75. The van der Waals surface area contributed by atoms with Crippen molar-refractivity contribution >= 4 is 27.5 Å². The van der Waals surface area contributed by atoms with Gasteiger partial charge in [0.25, 0.3) is 5.56 Å². The Labute approximate surface area is 95.5 Å². The number of rotatable bonds is 4. The van der Waals surface area contributed by atoms with Gasteiger partial charge in [-0.2, -0.15) is 0 Å². The van der Waals surface area contributed by atoms with Crippen LogP contribution in [0.5, 0.6) is 0 Å². The molecule has 0 aromatic carbocycles. The Kier molecular flexibility index (Phi) is 4.35. The van der Waals surface area contributed by atoms with Crippen molar-refractivity contribution in [3.8, 4) is 0 Å². The van der Waals surface area contributed by atoms with E-state index in [1.807, 2.05) is 6.08 Å². The summed E-state index contributed by atoms with van der Waals surface area (Å²) >= 11 is 8.75. The summed E-state index contributed by atoms with van der Waals surface area (Å²) in [7, 11) is 0. The average molecular weight is 278 g/mol. The molecule has 5 heteroatoms. The molecule has 0 aliphatic rings. The van der Waals surface area contributed by atoms with Crippen LogP contribution in [0.3, 0.4) is 0 Å². The lowest BCUT2D eigenvalue weighted by atomic mass is 10.3. The Morgan fingerprint density at radius 2 is 2.43 bits per heavy atom. The minimum atomic E-state index is -0.144. The number of unbranched alkanes of at least 4 members (excludes halogenated alkanes) is 1. The number of hydrogen-bond donors (Lipinski definition) is 0. The normalized spacial score (nSPS) is 10.1. The highest BCUT2D eigenvalue weighted by Crippen LogP contribution is 2.13. The molecule has 1 heterocycles. The van der Waals surface area contributed by atoms with Crippen molar-refractivity contribution in [3.63, 3.8) is 0 Å². The fourth-order valence-corrected chi connectivity index (χ4v) is 1.46. The molecule has 1 aromatic rings. The number of allylic oxidation sites excluding steroid dienone is 1. The predicted octanol–water partition coefficient (Wildman–Crippen LogP) is 2.63. The number of aryl methyl sites for hydroxylation is 1. The van der Waals surface area contributed by atoms with Crippen molar-refractivity contribution in [2.45, 2.75) is 19.4 Å². The Morgan fingerprint density at radius 3 is 3.07 bits per heavy atom. The fourth-order valence-electron chi connectivity index (χ4n) is 1.01. The van der Waals surface area contributed by atoms with Gasteiger partial charge < -0.3 is 0 Å². The summed E-state index contributed by atoms with van der Waals surface area (Å²) in [6, 6.07) is 0. The molecule has 0 aliphatic carbocycles. The van der Waals surface area contributed by atoms with Crippen LogP contribution < -0.4 is 5.56 Å². The second kappa shape index (κ2) is 5.32. The largest absolute Gasteiger partial charge is 0.298 e. The van der Waals surface area contributed by atoms with Crippen molar-refractivity contribution in [1.82, 2.24) is 9.55 Å². The maximum Gasteiger partial charge on any atom is 0.269 e. The van der Waals surface area contributed by atoms with Crippen LogP contribution >= 0.6 is 27.5 Å². The maximum absolute atomic E-state index is 11.5. The number of halogens is 2. The maximum atomic E-state index is 11.5. The van der Waals surface area contributed by atoms with Crippen LogP contribution in [0.15, 0.2) is 28.2 Å². The first-order valence-electron chi connectivity index (χ1n) is 4.18. The minimum absolute atomic E-state index is 0.144. The van der Waals surface area contributed by atoms with Crippen molar-refractivity contribution in [3.05, 3.63) is 39.0 Å². The smallest absolute Gasteiger partial charge is 0.269 e. The molecule has 1 aromatic heterocycles. The van der Waals surface area contributed by atoms with Crippen LogP contribution in [0.1, 0.15) is 12.8 Å². The molecule has 0 unspecified atom stereocenters. The molecule has 76 valence electrons. The monoisotopic (exact) mass is 276 g/mol. The summed E-state index contributed by atoms with van der Waals surface area (Å²) in [5.41, 5.74) is -0.144. The summed E-state index contributed by atoms with van der Waals surface area (Å²) in [6.07, 6.45) is 5.04. The summed E-state index contributed by atoms with van der Waals surface area (Å²) < 4.78 is 1.85. The quantitative estimate of drug-likeness (QED) is 0.482. The number of hydrogen-bond acceptors (Lipinski definition) is 2. The highest BCUT2D eigenvalue weighted by Gasteiger charge is 2.05. The lowest BCUT2D eigenvalue weighted by Crippen LogP contribution is -2.21. The molecule has 0 saturated heterocycles. The highest BCUT2D eigenvalue weighted by atomic mass is 79.9. The van der Waals surface area contributed by atoms with Crippen molar-refractivity contribution in [1.29, 1.82) is 0 Å². The van der Waals surface area contributed by atoms with Gasteiger partial charge in [-0.15, -0.1) is 6.58 Å². The SMILES string of the molecule is C=CCCCn1cnc(Cl)c(Br)c1=O. The minimum Gasteiger partial charge on any atom is -0.298 e. The molecule has 0 N–H and O–H groups in total. The molecule has 1 rings (SSSR count). The van der Waals surface area contributed by atoms with Crippen LogP contribution in [0.25, 0.3) is 0 Å². The van der Waals surface area contributed by atoms with E-state index in [1.54, 1.807) is 0 Å². The molecule has 0 aliphatic heterocycles. The summed E-state index contributed by atoms with van der Waals surface area (Å²) in [5.74, 6) is 0. The molecule has 0 bridgehead atoms. The van der Waals surface area contributed by atoms with Crippen molar-refractivity contribution < 1.29 is 0 Å². The Balaban J connectivity index is 2.83. The third-order valence-corrected chi connectivity index (χ3v) is 2.98. The van der Waals surface area contributed by atoms with Gasteiger partial charge >= 0.3 is 0 Å². The van der Waals surface area contributed by atoms with Gasteiger partial charge in [0.1, 0.15) is 4.47 Å². The van der Waals surface area contributed by atoms with Gasteiger partial charge in [-0.3, -0.25) is 9.36 Å². The zero-order valence-corrected chi connectivity index (χ0v) is 9.88. The number of aromatic nitrogens is 2. The van der Waals surface area contributed by atoms with Gasteiger partial charge in [0.2, 0.25) is 0 Å². The topological polar surface area (TPSA) is 34.9 Å². The molecule has 0 radical (unpaired) electrons. The lowest BCUT2D eigenvalue weighted by Gasteiger charge is -2.04. The fraction of sp³-hybridized carbons (Fsp3) is 0.333. The zero-order valence-electron chi connectivity index (χ0n) is 7.54. The Hall–Kier alpha value is -0.610. The van der Waals surface area contributed by atoms with Crippen LogP contribution in [-0.4, -0.2) is 9.55 Å². The average Bonchev–Trinajstić information content (AvgIpc) is 2.18. The van der Waals surface area contributed by atoms with Gasteiger partial charge in [0.05, 0.1) is 6.33 Å². The van der Waals surface area contributed by atoms with Crippen molar-refractivity contribution in [2.24, 2.45) is 0 Å². The van der Waals surface area contributed by atoms with E-state index >= 15 is 0 Å². The van der Waals surface area contributed by atoms with Gasteiger partial charge in [-0.05, 0) is 28.8 Å². The first-order valence-corrected chi connectivity index (χ1v) is 5.35. The standard InChI is InChI=1S/C9H10BrClN2O/c1-2-3-4-5-13-6-12-8(11)7(10)9(13)14/h2,6H,1,3-5H2. The van der Waals surface area contributed by atoms with Crippen LogP contribution in [-0.2, 0) is 6.54 Å². The Bertz CT molecular complexity index is 389. The summed E-state index contributed by atoms with van der Waals surface area (Å²) in [4.78, 5) is 15.4. The van der Waals surface area contributed by atoms with Crippen LogP contribution in [0.4, 0.5) is 0 Å². The second-order valence-electron chi connectivity index (χ2n) is 2.78. The highest BCUT2D eigenvalue weighted by molar-refractivity contribution is 9.10. The first-order chi connectivity index (χ1) is 6.66. The second-order valence-corrected chi connectivity index (χ2v) is 3.93. The van der Waals surface area contributed by atoms with E-state index in [4.69, 9.17) is 11.6 Å². The van der Waals surface area contributed by atoms with Crippen LogP contribution in [0, 0.1) is 0 Å². The van der Waals surface area contributed by atoms with Crippen molar-refractivity contribution in [2.75, 3.05) is 0 Å². The summed E-state index contributed by atoms with van der Waals surface area (Å²) in [6.45, 7) is 4.25. The lowest BCUT2D eigenvalue weighted by molar-refractivity contribution is 0.615. The third kappa shape index (κ3) is 2.69. The molecular weight excluding hydrogens is 267 g/mol. The van der Waals surface area contributed by atoms with E-state index in [0.717, 1.165) is 12.8 Å². The van der Waals surface area contributed by atoms with Gasteiger partial charge in [0, 0.05) is 6.54 Å². The van der Waals surface area contributed by atoms with E-state index < -0.39 is 0 Å². The molecular formula is C9H10BrClN2O. The van der Waals surface area contributed by atoms with Gasteiger partial charge in [-0.25, -0.2) is 4.98 Å². The van der Waals surface area contributed by atoms with E-state index in [9.17, 15) is 4.79 Å². The van der Waals surface area contributed by atoms with Crippen LogP contribution in [0.2, 0.25) is 5.15 Å². The molecule has 3 nitrogen and oxygen atoms in total. The van der Waals surface area contributed by atoms with Gasteiger partial charge in [0.15, 0.2) is 5.15 Å². The molecule has 0 amide bonds. The first kappa shape index (κ1) is 11.5. The van der Waals surface area contributed by atoms with E-state index in [-0.39, 0.29) is 10.7 Å².